The Bertz CT molecular complexity index is 268. The summed E-state index contributed by atoms with van der Waals surface area (Å²) < 4.78 is 0. The molecule has 3 heteroatoms. The van der Waals surface area contributed by atoms with Crippen molar-refractivity contribution in [3.05, 3.63) is 0 Å². The van der Waals surface area contributed by atoms with Crippen molar-refractivity contribution in [2.45, 2.75) is 64.2 Å². The Hall–Kier alpha value is -0.0500. The normalized spacial score (nSPS) is 24.1. The molecule has 0 aromatic carbocycles. The van der Waals surface area contributed by atoms with Gasteiger partial charge in [-0.2, -0.15) is 0 Å². The van der Waals surface area contributed by atoms with Crippen molar-refractivity contribution in [2.24, 2.45) is 11.3 Å². The lowest BCUT2D eigenvalue weighted by Crippen LogP contribution is -2.40. The van der Waals surface area contributed by atoms with E-state index in [1.807, 2.05) is 0 Å². The maximum absolute atomic E-state index is 12.0. The van der Waals surface area contributed by atoms with Crippen LogP contribution in [0.5, 0.6) is 0 Å². The lowest BCUT2D eigenvalue weighted by atomic mass is 9.75. The van der Waals surface area contributed by atoms with Crippen LogP contribution in [-0.2, 0) is 4.79 Å². The summed E-state index contributed by atoms with van der Waals surface area (Å²) in [6, 6.07) is 0. The van der Waals surface area contributed by atoms with E-state index in [0.29, 0.717) is 11.3 Å². The van der Waals surface area contributed by atoms with Crippen LogP contribution in [0, 0.1) is 11.3 Å². The topological polar surface area (TPSA) is 29.1 Å². The van der Waals surface area contributed by atoms with Gasteiger partial charge < -0.3 is 5.32 Å². The Morgan fingerprint density at radius 3 is 2.39 bits per heavy atom. The molecule has 104 valence electrons. The van der Waals surface area contributed by atoms with Gasteiger partial charge >= 0.3 is 0 Å². The average Bonchev–Trinajstić information content (AvgIpc) is 2.90. The molecule has 0 aromatic heterocycles. The zero-order valence-corrected chi connectivity index (χ0v) is 12.9. The molecule has 0 aliphatic heterocycles. The van der Waals surface area contributed by atoms with Crippen molar-refractivity contribution < 1.29 is 4.79 Å². The zero-order valence-electron chi connectivity index (χ0n) is 11.3. The quantitative estimate of drug-likeness (QED) is 0.762. The highest BCUT2D eigenvalue weighted by Gasteiger charge is 2.31. The minimum absolute atomic E-state index is 0.285. The summed E-state index contributed by atoms with van der Waals surface area (Å²) >= 11 is 3.66. The first-order chi connectivity index (χ1) is 8.74. The Kier molecular flexibility index (Phi) is 5.53. The van der Waals surface area contributed by atoms with Gasteiger partial charge in [0.05, 0.1) is 0 Å². The fourth-order valence-electron chi connectivity index (χ4n) is 3.49. The molecule has 2 aliphatic rings. The molecular weight excluding hydrogens is 290 g/mol. The maximum atomic E-state index is 12.0. The number of carbonyl (C=O) groups is 1. The highest BCUT2D eigenvalue weighted by molar-refractivity contribution is 9.09. The van der Waals surface area contributed by atoms with Gasteiger partial charge in [-0.05, 0) is 37.0 Å². The number of hydrogen-bond donors (Lipinski definition) is 1. The van der Waals surface area contributed by atoms with E-state index in [1.165, 1.54) is 57.8 Å². The third-order valence-electron chi connectivity index (χ3n) is 4.81. The average molecular weight is 316 g/mol. The first-order valence-corrected chi connectivity index (χ1v) is 8.69. The maximum Gasteiger partial charge on any atom is 0.220 e. The fraction of sp³-hybridized carbons (Fsp3) is 0.933. The Morgan fingerprint density at radius 2 is 1.78 bits per heavy atom. The molecule has 0 heterocycles. The molecule has 2 nitrogen and oxygen atoms in total. The summed E-state index contributed by atoms with van der Waals surface area (Å²) in [4.78, 5) is 12.0. The van der Waals surface area contributed by atoms with E-state index < -0.39 is 0 Å². The van der Waals surface area contributed by atoms with Crippen LogP contribution in [0.15, 0.2) is 0 Å². The van der Waals surface area contributed by atoms with Gasteiger partial charge in [0.25, 0.3) is 0 Å². The number of rotatable bonds is 5. The van der Waals surface area contributed by atoms with Crippen molar-refractivity contribution >= 4 is 21.8 Å². The van der Waals surface area contributed by atoms with Crippen molar-refractivity contribution in [3.8, 4) is 0 Å². The number of nitrogens with one attached hydrogen (secondary N) is 1. The van der Waals surface area contributed by atoms with Gasteiger partial charge in [0.1, 0.15) is 0 Å². The van der Waals surface area contributed by atoms with Crippen molar-refractivity contribution in [2.75, 3.05) is 11.9 Å². The van der Waals surface area contributed by atoms with E-state index in [2.05, 4.69) is 21.2 Å². The zero-order chi connectivity index (χ0) is 12.8. The molecule has 0 unspecified atom stereocenters. The van der Waals surface area contributed by atoms with E-state index in [1.54, 1.807) is 0 Å². The summed E-state index contributed by atoms with van der Waals surface area (Å²) in [5, 5.41) is 4.23. The molecule has 1 amide bonds. The van der Waals surface area contributed by atoms with Gasteiger partial charge in [-0.25, -0.2) is 0 Å². The van der Waals surface area contributed by atoms with Crippen LogP contribution in [0.25, 0.3) is 0 Å². The number of hydrogen-bond acceptors (Lipinski definition) is 1. The first-order valence-electron chi connectivity index (χ1n) is 7.57. The molecule has 2 aliphatic carbocycles. The van der Waals surface area contributed by atoms with E-state index in [4.69, 9.17) is 0 Å². The van der Waals surface area contributed by atoms with Crippen LogP contribution < -0.4 is 5.32 Å². The molecule has 0 spiro atoms. The van der Waals surface area contributed by atoms with E-state index >= 15 is 0 Å². The highest BCUT2D eigenvalue weighted by atomic mass is 79.9. The molecule has 0 atom stereocenters. The summed E-state index contributed by atoms with van der Waals surface area (Å²) in [6.07, 6.45) is 12.5. The van der Waals surface area contributed by atoms with Gasteiger partial charge in [0, 0.05) is 18.3 Å². The number of carbonyl (C=O) groups excluding carboxylic acids is 1. The molecular formula is C15H26BrNO. The van der Waals surface area contributed by atoms with E-state index in [9.17, 15) is 4.79 Å². The fourth-order valence-corrected chi connectivity index (χ4v) is 4.25. The minimum Gasteiger partial charge on any atom is -0.356 e. The van der Waals surface area contributed by atoms with Crippen LogP contribution in [0.2, 0.25) is 0 Å². The summed E-state index contributed by atoms with van der Waals surface area (Å²) in [6.45, 7) is 0.879. The monoisotopic (exact) mass is 315 g/mol. The number of alkyl halides is 1. The van der Waals surface area contributed by atoms with Crippen molar-refractivity contribution in [1.29, 1.82) is 0 Å². The largest absolute Gasteiger partial charge is 0.356 e. The molecule has 0 aromatic rings. The molecule has 0 radical (unpaired) electrons. The lowest BCUT2D eigenvalue weighted by molar-refractivity contribution is -0.122. The predicted octanol–water partition coefficient (Wildman–Crippen LogP) is 4.03. The molecule has 2 fully saturated rings. The van der Waals surface area contributed by atoms with Crippen LogP contribution in [0.4, 0.5) is 0 Å². The second kappa shape index (κ2) is 6.93. The SMILES string of the molecule is O=C(CC1CCCC1)NCC1(CBr)CCCCC1. The molecule has 0 saturated heterocycles. The predicted molar refractivity (Wildman–Crippen MR) is 78.9 cm³/mol. The van der Waals surface area contributed by atoms with Crippen LogP contribution >= 0.6 is 15.9 Å². The van der Waals surface area contributed by atoms with Crippen molar-refractivity contribution in [1.82, 2.24) is 5.32 Å². The van der Waals surface area contributed by atoms with Gasteiger partial charge in [-0.3, -0.25) is 4.79 Å². The van der Waals surface area contributed by atoms with Crippen LogP contribution in [0.3, 0.4) is 0 Å². The molecule has 1 N–H and O–H groups in total. The van der Waals surface area contributed by atoms with Gasteiger partial charge in [0.15, 0.2) is 0 Å². The Morgan fingerprint density at radius 1 is 1.11 bits per heavy atom. The second-order valence-corrected chi connectivity index (χ2v) is 6.89. The summed E-state index contributed by atoms with van der Waals surface area (Å²) in [5.41, 5.74) is 0.337. The molecule has 2 rings (SSSR count). The van der Waals surface area contributed by atoms with Crippen LogP contribution in [0.1, 0.15) is 64.2 Å². The Labute approximate surface area is 119 Å². The van der Waals surface area contributed by atoms with E-state index in [0.717, 1.165) is 18.3 Å². The minimum atomic E-state index is 0.285. The Balaban J connectivity index is 1.73. The third-order valence-corrected chi connectivity index (χ3v) is 6.00. The van der Waals surface area contributed by atoms with Gasteiger partial charge in [-0.15, -0.1) is 0 Å². The summed E-state index contributed by atoms with van der Waals surface area (Å²) in [5.74, 6) is 0.948. The lowest BCUT2D eigenvalue weighted by Gasteiger charge is -2.36. The van der Waals surface area contributed by atoms with Crippen molar-refractivity contribution in [3.63, 3.8) is 0 Å². The molecule has 18 heavy (non-hydrogen) atoms. The first kappa shape index (κ1) is 14.4. The van der Waals surface area contributed by atoms with Gasteiger partial charge in [-0.1, -0.05) is 48.0 Å². The molecule has 0 bridgehead atoms. The van der Waals surface area contributed by atoms with E-state index in [-0.39, 0.29) is 5.91 Å². The number of amides is 1. The highest BCUT2D eigenvalue weighted by Crippen LogP contribution is 2.37. The second-order valence-electron chi connectivity index (χ2n) is 6.33. The standard InChI is InChI=1S/C15H26BrNO/c16-11-15(8-4-1-5-9-15)12-17-14(18)10-13-6-2-3-7-13/h13H,1-12H2,(H,17,18). The number of halogens is 1. The summed E-state index contributed by atoms with van der Waals surface area (Å²) in [7, 11) is 0. The molecule has 2 saturated carbocycles. The van der Waals surface area contributed by atoms with Gasteiger partial charge in [0.2, 0.25) is 5.91 Å². The third kappa shape index (κ3) is 3.97. The van der Waals surface area contributed by atoms with Crippen LogP contribution in [-0.4, -0.2) is 17.8 Å². The smallest absolute Gasteiger partial charge is 0.220 e.